The van der Waals surface area contributed by atoms with Crippen LogP contribution in [0.25, 0.3) is 6.08 Å². The highest BCUT2D eigenvalue weighted by Crippen LogP contribution is 2.39. The Kier molecular flexibility index (Phi) is 8.62. The summed E-state index contributed by atoms with van der Waals surface area (Å²) in [6.07, 6.45) is 11.6. The molecule has 2 aromatic rings. The summed E-state index contributed by atoms with van der Waals surface area (Å²) in [6.45, 7) is 4.21. The van der Waals surface area contributed by atoms with E-state index in [9.17, 15) is 13.2 Å². The molecule has 0 heterocycles. The molecule has 4 heteroatoms. The van der Waals surface area contributed by atoms with E-state index in [2.05, 4.69) is 13.0 Å². The molecule has 168 valence electrons. The maximum atomic E-state index is 14.5. The normalized spacial score (nSPS) is 19.1. The van der Waals surface area contributed by atoms with Gasteiger partial charge in [0.15, 0.2) is 11.6 Å². The number of allylic oxidation sites excluding steroid dienone is 1. The highest BCUT2D eigenvalue weighted by atomic mass is 19.2. The molecule has 31 heavy (non-hydrogen) atoms. The minimum atomic E-state index is -0.894. The van der Waals surface area contributed by atoms with Gasteiger partial charge in [-0.2, -0.15) is 4.39 Å². The maximum absolute atomic E-state index is 14.5. The predicted octanol–water partition coefficient (Wildman–Crippen LogP) is 8.22. The van der Waals surface area contributed by atoms with Gasteiger partial charge < -0.3 is 4.74 Å². The summed E-state index contributed by atoms with van der Waals surface area (Å²) in [7, 11) is 0. The third-order valence-electron chi connectivity index (χ3n) is 6.27. The number of halogens is 3. The average Bonchev–Trinajstić information content (AvgIpc) is 2.77. The zero-order valence-corrected chi connectivity index (χ0v) is 18.6. The van der Waals surface area contributed by atoms with E-state index in [0.29, 0.717) is 23.7 Å². The van der Waals surface area contributed by atoms with Crippen LogP contribution in [0.4, 0.5) is 13.2 Å². The van der Waals surface area contributed by atoms with Crippen molar-refractivity contribution in [2.45, 2.75) is 71.1 Å². The third-order valence-corrected chi connectivity index (χ3v) is 6.27. The Hall–Kier alpha value is -2.23. The molecule has 0 spiro atoms. The Morgan fingerprint density at radius 1 is 0.935 bits per heavy atom. The molecule has 0 saturated heterocycles. The second-order valence-electron chi connectivity index (χ2n) is 8.50. The van der Waals surface area contributed by atoms with E-state index in [1.165, 1.54) is 12.5 Å². The molecule has 1 aliphatic rings. The molecule has 1 nitrogen and oxygen atoms in total. The fourth-order valence-electron chi connectivity index (χ4n) is 4.43. The van der Waals surface area contributed by atoms with Gasteiger partial charge >= 0.3 is 0 Å². The van der Waals surface area contributed by atoms with Crippen LogP contribution in [0.1, 0.15) is 81.4 Å². The van der Waals surface area contributed by atoms with Gasteiger partial charge in [0, 0.05) is 5.56 Å². The molecule has 0 radical (unpaired) electrons. The zero-order chi connectivity index (χ0) is 22.2. The molecule has 0 N–H and O–H groups in total. The van der Waals surface area contributed by atoms with Gasteiger partial charge in [0.05, 0.1) is 6.61 Å². The van der Waals surface area contributed by atoms with Gasteiger partial charge in [0.25, 0.3) is 0 Å². The predicted molar refractivity (Wildman–Crippen MR) is 121 cm³/mol. The number of unbranched alkanes of at least 4 members (excludes halogenated alkanes) is 2. The molecule has 1 saturated carbocycles. The van der Waals surface area contributed by atoms with Crippen LogP contribution < -0.4 is 4.74 Å². The van der Waals surface area contributed by atoms with E-state index in [4.69, 9.17) is 4.74 Å². The van der Waals surface area contributed by atoms with Crippen LogP contribution in [0.3, 0.4) is 0 Å². The number of benzene rings is 2. The zero-order valence-electron chi connectivity index (χ0n) is 18.6. The van der Waals surface area contributed by atoms with Crippen LogP contribution in [0.2, 0.25) is 0 Å². The van der Waals surface area contributed by atoms with Gasteiger partial charge in [-0.15, -0.1) is 0 Å². The summed E-state index contributed by atoms with van der Waals surface area (Å²) in [5, 5.41) is 0. The summed E-state index contributed by atoms with van der Waals surface area (Å²) >= 11 is 0. The average molecular weight is 431 g/mol. The Labute approximate surface area is 184 Å². The van der Waals surface area contributed by atoms with Crippen molar-refractivity contribution in [1.29, 1.82) is 0 Å². The van der Waals surface area contributed by atoms with Crippen molar-refractivity contribution in [3.05, 3.63) is 70.5 Å². The second kappa shape index (κ2) is 11.4. The highest BCUT2D eigenvalue weighted by Gasteiger charge is 2.25. The van der Waals surface area contributed by atoms with E-state index in [1.807, 2.05) is 18.2 Å². The van der Waals surface area contributed by atoms with Gasteiger partial charge in [0.1, 0.15) is 5.82 Å². The standard InChI is InChI=1S/C27H33F3O/c1-3-5-6-7-20-11-15-22(24(28)18-20)14-10-19-8-12-21(13-9-19)23-16-17-25(31-4-2)27(30)26(23)29/h10-11,14-19,21H,3-9,12-13H2,1-2H3. The van der Waals surface area contributed by atoms with Crippen LogP contribution in [-0.2, 0) is 6.42 Å². The van der Waals surface area contributed by atoms with Crippen LogP contribution in [0.15, 0.2) is 36.4 Å². The number of hydrogen-bond donors (Lipinski definition) is 0. The lowest BCUT2D eigenvalue weighted by atomic mass is 9.78. The van der Waals surface area contributed by atoms with Crippen molar-refractivity contribution in [1.82, 2.24) is 0 Å². The summed E-state index contributed by atoms with van der Waals surface area (Å²) < 4.78 is 48.3. The molecule has 0 aromatic heterocycles. The lowest BCUT2D eigenvalue weighted by Crippen LogP contribution is -2.14. The van der Waals surface area contributed by atoms with E-state index < -0.39 is 11.6 Å². The van der Waals surface area contributed by atoms with Gasteiger partial charge in [-0.1, -0.05) is 50.1 Å². The monoisotopic (exact) mass is 430 g/mol. The Morgan fingerprint density at radius 2 is 1.71 bits per heavy atom. The largest absolute Gasteiger partial charge is 0.491 e. The Balaban J connectivity index is 1.57. The van der Waals surface area contributed by atoms with Crippen molar-refractivity contribution in [3.8, 4) is 5.75 Å². The van der Waals surface area contributed by atoms with Crippen molar-refractivity contribution in [2.24, 2.45) is 5.92 Å². The van der Waals surface area contributed by atoms with Gasteiger partial charge in [-0.3, -0.25) is 0 Å². The van der Waals surface area contributed by atoms with Gasteiger partial charge in [0.2, 0.25) is 5.82 Å². The molecule has 0 atom stereocenters. The maximum Gasteiger partial charge on any atom is 0.200 e. The van der Waals surface area contributed by atoms with Crippen molar-refractivity contribution < 1.29 is 17.9 Å². The topological polar surface area (TPSA) is 9.23 Å². The van der Waals surface area contributed by atoms with Gasteiger partial charge in [-0.05, 0) is 80.5 Å². The molecular weight excluding hydrogens is 397 g/mol. The fraction of sp³-hybridized carbons (Fsp3) is 0.481. The third kappa shape index (κ3) is 6.15. The summed E-state index contributed by atoms with van der Waals surface area (Å²) in [5.41, 5.74) is 2.10. The second-order valence-corrected chi connectivity index (χ2v) is 8.50. The molecule has 1 aliphatic carbocycles. The van der Waals surface area contributed by atoms with Crippen LogP contribution in [0.5, 0.6) is 5.75 Å². The van der Waals surface area contributed by atoms with E-state index in [-0.39, 0.29) is 17.5 Å². The smallest absolute Gasteiger partial charge is 0.200 e. The molecule has 0 amide bonds. The highest BCUT2D eigenvalue weighted by molar-refractivity contribution is 5.51. The number of aryl methyl sites for hydroxylation is 1. The quantitative estimate of drug-likeness (QED) is 0.364. The molecule has 0 unspecified atom stereocenters. The summed E-state index contributed by atoms with van der Waals surface area (Å²) in [6, 6.07) is 8.70. The Bertz CT molecular complexity index is 882. The molecule has 0 aliphatic heterocycles. The lowest BCUT2D eigenvalue weighted by Gasteiger charge is -2.27. The first-order valence-electron chi connectivity index (χ1n) is 11.6. The Morgan fingerprint density at radius 3 is 2.39 bits per heavy atom. The number of rotatable bonds is 9. The molecule has 2 aromatic carbocycles. The van der Waals surface area contributed by atoms with Crippen molar-refractivity contribution in [3.63, 3.8) is 0 Å². The summed E-state index contributed by atoms with van der Waals surface area (Å²) in [5.74, 6) is -1.55. The first-order chi connectivity index (χ1) is 15.0. The SMILES string of the molecule is CCCCCc1ccc(C=CC2CCC(c3ccc(OCC)c(F)c3F)CC2)c(F)c1. The van der Waals surface area contributed by atoms with E-state index in [1.54, 1.807) is 19.1 Å². The first-order valence-corrected chi connectivity index (χ1v) is 11.6. The molecule has 3 rings (SSSR count). The number of ether oxygens (including phenoxy) is 1. The molecular formula is C27H33F3O. The van der Waals surface area contributed by atoms with Crippen LogP contribution >= 0.6 is 0 Å². The van der Waals surface area contributed by atoms with Crippen LogP contribution in [-0.4, -0.2) is 6.61 Å². The lowest BCUT2D eigenvalue weighted by molar-refractivity contribution is 0.310. The molecule has 0 bridgehead atoms. The minimum absolute atomic E-state index is 0.00830. The molecule has 1 fully saturated rings. The van der Waals surface area contributed by atoms with Crippen molar-refractivity contribution >= 4 is 6.08 Å². The summed E-state index contributed by atoms with van der Waals surface area (Å²) in [4.78, 5) is 0. The van der Waals surface area contributed by atoms with Gasteiger partial charge in [-0.25, -0.2) is 8.78 Å². The fourth-order valence-corrected chi connectivity index (χ4v) is 4.43. The van der Waals surface area contributed by atoms with E-state index in [0.717, 1.165) is 50.5 Å². The van der Waals surface area contributed by atoms with Crippen LogP contribution in [0, 0.1) is 23.4 Å². The first kappa shape index (κ1) is 23.4. The minimum Gasteiger partial charge on any atom is -0.491 e. The van der Waals surface area contributed by atoms with Crippen molar-refractivity contribution in [2.75, 3.05) is 6.61 Å². The van der Waals surface area contributed by atoms with E-state index >= 15 is 0 Å². The number of hydrogen-bond acceptors (Lipinski definition) is 1.